The fraction of sp³-hybridized carbons (Fsp3) is 0.448. The summed E-state index contributed by atoms with van der Waals surface area (Å²) in [5, 5.41) is 2.83. The molecule has 2 aromatic rings. The predicted molar refractivity (Wildman–Crippen MR) is 142 cm³/mol. The summed E-state index contributed by atoms with van der Waals surface area (Å²) < 4.78 is 12.2. The molecule has 4 atom stereocenters. The van der Waals surface area contributed by atoms with Gasteiger partial charge in [-0.1, -0.05) is 63.2 Å². The first-order valence-corrected chi connectivity index (χ1v) is 12.8. The molecule has 0 saturated carbocycles. The van der Waals surface area contributed by atoms with E-state index in [1.165, 1.54) is 0 Å². The molecule has 2 aromatic carbocycles. The summed E-state index contributed by atoms with van der Waals surface area (Å²) in [6, 6.07) is 16.1. The summed E-state index contributed by atoms with van der Waals surface area (Å²) in [5.74, 6) is 1.07. The van der Waals surface area contributed by atoms with Crippen LogP contribution in [0.2, 0.25) is 0 Å². The molecule has 0 aliphatic carbocycles. The number of carbonyl (C=O) groups is 2. The maximum absolute atomic E-state index is 13.6. The Labute approximate surface area is 214 Å². The lowest BCUT2D eigenvalue weighted by molar-refractivity contribution is -0.138. The Balaban J connectivity index is 1.74. The normalized spacial score (nSPS) is 19.3. The van der Waals surface area contributed by atoms with Gasteiger partial charge in [0.15, 0.2) is 0 Å². The van der Waals surface area contributed by atoms with E-state index in [4.69, 9.17) is 15.2 Å². The molecule has 0 unspecified atom stereocenters. The van der Waals surface area contributed by atoms with Gasteiger partial charge in [-0.3, -0.25) is 9.59 Å². The van der Waals surface area contributed by atoms with Crippen LogP contribution in [0, 0.1) is 5.92 Å². The molecule has 7 heteroatoms. The highest BCUT2D eigenvalue weighted by Gasteiger charge is 2.39. The van der Waals surface area contributed by atoms with Crippen molar-refractivity contribution >= 4 is 11.8 Å². The second kappa shape index (κ2) is 13.1. The average molecular weight is 494 g/mol. The Morgan fingerprint density at radius 3 is 2.47 bits per heavy atom. The molecule has 1 aliphatic heterocycles. The highest BCUT2D eigenvalue weighted by Crippen LogP contribution is 2.26. The van der Waals surface area contributed by atoms with Crippen molar-refractivity contribution in [1.29, 1.82) is 0 Å². The number of amides is 2. The first-order valence-electron chi connectivity index (χ1n) is 12.8. The lowest BCUT2D eigenvalue weighted by atomic mass is 10.0. The number of nitrogens with one attached hydrogen (secondary N) is 1. The maximum atomic E-state index is 13.6. The van der Waals surface area contributed by atoms with Gasteiger partial charge in [0.1, 0.15) is 30.3 Å². The van der Waals surface area contributed by atoms with E-state index in [-0.39, 0.29) is 29.9 Å². The molecule has 1 saturated heterocycles. The van der Waals surface area contributed by atoms with E-state index in [9.17, 15) is 9.59 Å². The number of aryl methyl sites for hydroxylation is 1. The van der Waals surface area contributed by atoms with E-state index in [2.05, 4.69) is 18.3 Å². The third kappa shape index (κ3) is 7.34. The van der Waals surface area contributed by atoms with Gasteiger partial charge in [-0.25, -0.2) is 0 Å². The van der Waals surface area contributed by atoms with Crippen molar-refractivity contribution in [2.24, 2.45) is 11.7 Å². The Morgan fingerprint density at radius 2 is 1.81 bits per heavy atom. The van der Waals surface area contributed by atoms with Crippen LogP contribution < -0.4 is 20.5 Å². The summed E-state index contributed by atoms with van der Waals surface area (Å²) >= 11 is 0. The Kier molecular flexibility index (Phi) is 9.94. The standard InChI is InChI=1S/C29H39N3O4/c1-5-22-12-9-10-16-26(22)35-17-11-13-23-18-25(36-24-14-7-6-8-15-24)19-32(23)29(34)27(20(2)3)31-28(33)21(4)30/h6-16,20-21,23,25,27H,5,17-19,30H2,1-4H3,(H,31,33)/t21-,23+,25-,27-/m0/s1. The molecular weight excluding hydrogens is 454 g/mol. The zero-order valence-electron chi connectivity index (χ0n) is 21.7. The van der Waals surface area contributed by atoms with Crippen molar-refractivity contribution in [2.45, 2.75) is 64.8 Å². The van der Waals surface area contributed by atoms with Crippen LogP contribution in [0.25, 0.3) is 0 Å². The molecule has 3 N–H and O–H groups in total. The van der Waals surface area contributed by atoms with Crippen LogP contribution in [0.3, 0.4) is 0 Å². The predicted octanol–water partition coefficient (Wildman–Crippen LogP) is 3.72. The van der Waals surface area contributed by atoms with Crippen LogP contribution in [-0.2, 0) is 16.0 Å². The first kappa shape index (κ1) is 27.3. The van der Waals surface area contributed by atoms with Gasteiger partial charge in [0.2, 0.25) is 11.8 Å². The molecule has 1 fully saturated rings. The topological polar surface area (TPSA) is 93.9 Å². The van der Waals surface area contributed by atoms with Crippen LogP contribution in [0.15, 0.2) is 66.7 Å². The van der Waals surface area contributed by atoms with Gasteiger partial charge in [0, 0.05) is 6.42 Å². The number of likely N-dealkylation sites (tertiary alicyclic amines) is 1. The van der Waals surface area contributed by atoms with Crippen LogP contribution in [-0.4, -0.2) is 54.1 Å². The van der Waals surface area contributed by atoms with E-state index in [1.54, 1.807) is 11.8 Å². The van der Waals surface area contributed by atoms with Crippen LogP contribution in [0.1, 0.15) is 39.7 Å². The lowest BCUT2D eigenvalue weighted by Crippen LogP contribution is -2.55. The minimum absolute atomic E-state index is 0.0900. The van der Waals surface area contributed by atoms with Gasteiger partial charge >= 0.3 is 0 Å². The summed E-state index contributed by atoms with van der Waals surface area (Å²) in [5.41, 5.74) is 6.90. The zero-order valence-corrected chi connectivity index (χ0v) is 21.7. The Hall–Kier alpha value is -3.32. The smallest absolute Gasteiger partial charge is 0.246 e. The monoisotopic (exact) mass is 493 g/mol. The van der Waals surface area contributed by atoms with Gasteiger partial charge in [-0.15, -0.1) is 0 Å². The Morgan fingerprint density at radius 1 is 1.11 bits per heavy atom. The van der Waals surface area contributed by atoms with E-state index >= 15 is 0 Å². The number of benzene rings is 2. The summed E-state index contributed by atoms with van der Waals surface area (Å²) in [7, 11) is 0. The molecule has 0 bridgehead atoms. The van der Waals surface area contributed by atoms with E-state index in [0.717, 1.165) is 23.5 Å². The molecule has 36 heavy (non-hydrogen) atoms. The van der Waals surface area contributed by atoms with Gasteiger partial charge in [0.05, 0.1) is 18.6 Å². The SMILES string of the molecule is CCc1ccccc1OCC=C[C@@H]1C[C@H](Oc2ccccc2)CN1C(=O)[C@@H](NC(=O)[C@H](C)N)C(C)C. The van der Waals surface area contributed by atoms with Gasteiger partial charge in [-0.05, 0) is 49.1 Å². The van der Waals surface area contributed by atoms with E-state index in [1.807, 2.05) is 74.5 Å². The molecule has 194 valence electrons. The molecule has 0 aromatic heterocycles. The quantitative estimate of drug-likeness (QED) is 0.466. The van der Waals surface area contributed by atoms with E-state index in [0.29, 0.717) is 19.6 Å². The fourth-order valence-electron chi connectivity index (χ4n) is 4.30. The molecule has 3 rings (SSSR count). The van der Waals surface area contributed by atoms with Crippen LogP contribution in [0.4, 0.5) is 0 Å². The number of carbonyl (C=O) groups excluding carboxylic acids is 2. The Bertz CT molecular complexity index is 1020. The van der Waals surface area contributed by atoms with Gasteiger partial charge < -0.3 is 25.4 Å². The average Bonchev–Trinajstić information content (AvgIpc) is 3.27. The zero-order chi connectivity index (χ0) is 26.1. The third-order valence-corrected chi connectivity index (χ3v) is 6.32. The van der Waals surface area contributed by atoms with Crippen LogP contribution in [0.5, 0.6) is 11.5 Å². The molecule has 1 heterocycles. The number of hydrogen-bond acceptors (Lipinski definition) is 5. The van der Waals surface area contributed by atoms with Crippen molar-refractivity contribution in [3.63, 3.8) is 0 Å². The fourth-order valence-corrected chi connectivity index (χ4v) is 4.30. The molecular formula is C29H39N3O4. The van der Waals surface area contributed by atoms with Crippen molar-refractivity contribution in [3.05, 3.63) is 72.3 Å². The molecule has 2 amide bonds. The summed E-state index contributed by atoms with van der Waals surface area (Å²) in [6.07, 6.45) is 5.34. The number of nitrogens with zero attached hydrogens (tertiary/aromatic N) is 1. The van der Waals surface area contributed by atoms with E-state index < -0.39 is 12.1 Å². The maximum Gasteiger partial charge on any atom is 0.246 e. The van der Waals surface area contributed by atoms with Crippen molar-refractivity contribution in [3.8, 4) is 11.5 Å². The van der Waals surface area contributed by atoms with Crippen LogP contribution >= 0.6 is 0 Å². The minimum atomic E-state index is -0.689. The largest absolute Gasteiger partial charge is 0.489 e. The molecule has 7 nitrogen and oxygen atoms in total. The van der Waals surface area contributed by atoms with Gasteiger partial charge in [-0.2, -0.15) is 0 Å². The second-order valence-electron chi connectivity index (χ2n) is 9.57. The number of nitrogens with two attached hydrogens (primary N) is 1. The highest BCUT2D eigenvalue weighted by atomic mass is 16.5. The third-order valence-electron chi connectivity index (χ3n) is 6.32. The molecule has 0 spiro atoms. The summed E-state index contributed by atoms with van der Waals surface area (Å²) in [4.78, 5) is 27.7. The van der Waals surface area contributed by atoms with Gasteiger partial charge in [0.25, 0.3) is 0 Å². The second-order valence-corrected chi connectivity index (χ2v) is 9.57. The first-order chi connectivity index (χ1) is 17.3. The van der Waals surface area contributed by atoms with Crippen molar-refractivity contribution in [2.75, 3.05) is 13.2 Å². The number of para-hydroxylation sites is 2. The van der Waals surface area contributed by atoms with Crippen molar-refractivity contribution < 1.29 is 19.1 Å². The molecule has 0 radical (unpaired) electrons. The lowest BCUT2D eigenvalue weighted by Gasteiger charge is -2.30. The highest BCUT2D eigenvalue weighted by molar-refractivity contribution is 5.90. The minimum Gasteiger partial charge on any atom is -0.489 e. The summed E-state index contributed by atoms with van der Waals surface area (Å²) in [6.45, 7) is 8.37. The number of ether oxygens (including phenoxy) is 2. The number of hydrogen-bond donors (Lipinski definition) is 2. The van der Waals surface area contributed by atoms with Crippen molar-refractivity contribution in [1.82, 2.24) is 10.2 Å². The molecule has 1 aliphatic rings. The number of rotatable bonds is 11.